The minimum absolute atomic E-state index is 0.736. The lowest BCUT2D eigenvalue weighted by atomic mass is 9.97. The Morgan fingerprint density at radius 3 is 3.08 bits per heavy atom. The number of hydrogen-bond donors (Lipinski definition) is 1. The number of anilines is 1. The molecule has 1 aliphatic rings. The van der Waals surface area contributed by atoms with Crippen molar-refractivity contribution in [2.24, 2.45) is 0 Å². The maximum atomic E-state index is 3.47. The molecule has 1 aromatic rings. The summed E-state index contributed by atoms with van der Waals surface area (Å²) in [5, 5.41) is 3.47. The van der Waals surface area contributed by atoms with Gasteiger partial charge in [-0.2, -0.15) is 0 Å². The van der Waals surface area contributed by atoms with Crippen molar-refractivity contribution >= 4 is 5.69 Å². The van der Waals surface area contributed by atoms with E-state index in [0.29, 0.717) is 0 Å². The number of nitrogens with one attached hydrogen (secondary N) is 1. The predicted octanol–water partition coefficient (Wildman–Crippen LogP) is 2.91. The van der Waals surface area contributed by atoms with Gasteiger partial charge in [0.25, 0.3) is 0 Å². The van der Waals surface area contributed by atoms with Gasteiger partial charge >= 0.3 is 0 Å². The molecule has 0 saturated carbocycles. The number of aryl methyl sites for hydroxylation is 1. The van der Waals surface area contributed by atoms with Gasteiger partial charge in [0.1, 0.15) is 0 Å². The molecule has 0 aromatic heterocycles. The van der Waals surface area contributed by atoms with Crippen molar-refractivity contribution in [2.75, 3.05) is 11.9 Å². The smallest absolute Gasteiger partial charge is 0.0406 e. The summed E-state index contributed by atoms with van der Waals surface area (Å²) >= 11 is 0. The number of para-hydroxylation sites is 1. The van der Waals surface area contributed by atoms with E-state index in [9.17, 15) is 0 Å². The van der Waals surface area contributed by atoms with Crippen molar-refractivity contribution in [3.63, 3.8) is 0 Å². The molecule has 0 aliphatic carbocycles. The summed E-state index contributed by atoms with van der Waals surface area (Å²) < 4.78 is 0. The lowest BCUT2D eigenvalue weighted by Gasteiger charge is -2.06. The molecule has 1 heteroatoms. The van der Waals surface area contributed by atoms with Gasteiger partial charge in [-0.25, -0.2) is 0 Å². The number of hydrogen-bond acceptors (Lipinski definition) is 1. The monoisotopic (exact) mass is 161 g/mol. The highest BCUT2D eigenvalue weighted by molar-refractivity contribution is 5.62. The van der Waals surface area contributed by atoms with Crippen LogP contribution < -0.4 is 5.32 Å². The highest BCUT2D eigenvalue weighted by atomic mass is 14.9. The van der Waals surface area contributed by atoms with Crippen molar-refractivity contribution in [3.05, 3.63) is 29.3 Å². The largest absolute Gasteiger partial charge is 0.384 e. The van der Waals surface area contributed by atoms with Crippen LogP contribution in [0.1, 0.15) is 30.4 Å². The van der Waals surface area contributed by atoms with E-state index in [-0.39, 0.29) is 0 Å². The lowest BCUT2D eigenvalue weighted by molar-refractivity contribution is 0.727. The van der Waals surface area contributed by atoms with Gasteiger partial charge in [0, 0.05) is 18.2 Å². The minimum Gasteiger partial charge on any atom is -0.384 e. The van der Waals surface area contributed by atoms with E-state index in [1.54, 1.807) is 0 Å². The Morgan fingerprint density at radius 1 is 1.50 bits per heavy atom. The van der Waals surface area contributed by atoms with Gasteiger partial charge in [-0.05, 0) is 24.5 Å². The van der Waals surface area contributed by atoms with Crippen molar-refractivity contribution < 1.29 is 0 Å². The van der Waals surface area contributed by atoms with Gasteiger partial charge in [0.2, 0.25) is 0 Å². The molecular formula is C11H15N. The van der Waals surface area contributed by atoms with Crippen LogP contribution in [0, 0.1) is 6.92 Å². The lowest BCUT2D eigenvalue weighted by Crippen LogP contribution is -1.99. The van der Waals surface area contributed by atoms with E-state index in [0.717, 1.165) is 12.5 Å². The van der Waals surface area contributed by atoms with Crippen molar-refractivity contribution in [2.45, 2.75) is 26.2 Å². The van der Waals surface area contributed by atoms with Gasteiger partial charge in [-0.3, -0.25) is 0 Å². The molecule has 0 saturated heterocycles. The van der Waals surface area contributed by atoms with Crippen LogP contribution in [0.15, 0.2) is 18.2 Å². The molecule has 2 rings (SSSR count). The molecule has 0 unspecified atom stereocenters. The molecule has 1 N–H and O–H groups in total. The van der Waals surface area contributed by atoms with Crippen LogP contribution in [0.25, 0.3) is 0 Å². The Balaban J connectivity index is 2.46. The first kappa shape index (κ1) is 7.66. The Kier molecular flexibility index (Phi) is 1.80. The van der Waals surface area contributed by atoms with Crippen LogP contribution in [0.3, 0.4) is 0 Å². The number of rotatable bonds is 1. The first-order chi connectivity index (χ1) is 5.83. The topological polar surface area (TPSA) is 12.0 Å². The van der Waals surface area contributed by atoms with Crippen LogP contribution in [0.4, 0.5) is 5.69 Å². The Labute approximate surface area is 73.8 Å². The third-order valence-corrected chi connectivity index (χ3v) is 2.76. The maximum absolute atomic E-state index is 3.47. The highest BCUT2D eigenvalue weighted by Gasteiger charge is 2.20. The summed E-state index contributed by atoms with van der Waals surface area (Å²) in [6.07, 6.45) is 1.24. The highest BCUT2D eigenvalue weighted by Crippen LogP contribution is 2.35. The maximum Gasteiger partial charge on any atom is 0.0406 e. The first-order valence-electron chi connectivity index (χ1n) is 4.66. The second-order valence-corrected chi connectivity index (χ2v) is 3.53. The third-order valence-electron chi connectivity index (χ3n) is 2.76. The second-order valence-electron chi connectivity index (χ2n) is 3.53. The molecule has 1 aliphatic heterocycles. The molecule has 0 bridgehead atoms. The minimum atomic E-state index is 0.736. The van der Waals surface area contributed by atoms with Crippen molar-refractivity contribution in [1.82, 2.24) is 0 Å². The predicted molar refractivity (Wildman–Crippen MR) is 52.7 cm³/mol. The van der Waals surface area contributed by atoms with Crippen LogP contribution >= 0.6 is 0 Å². The Morgan fingerprint density at radius 2 is 2.33 bits per heavy atom. The van der Waals surface area contributed by atoms with Crippen LogP contribution in [0.5, 0.6) is 0 Å². The zero-order valence-electron chi connectivity index (χ0n) is 7.72. The van der Waals surface area contributed by atoms with Crippen LogP contribution in [-0.2, 0) is 0 Å². The summed E-state index contributed by atoms with van der Waals surface area (Å²) in [7, 11) is 0. The van der Waals surface area contributed by atoms with E-state index in [2.05, 4.69) is 37.4 Å². The summed E-state index contributed by atoms with van der Waals surface area (Å²) in [6.45, 7) is 5.55. The fourth-order valence-corrected chi connectivity index (χ4v) is 1.97. The fraction of sp³-hybridized carbons (Fsp3) is 0.455. The normalized spacial score (nSPS) is 20.3. The summed E-state index contributed by atoms with van der Waals surface area (Å²) in [6, 6.07) is 6.57. The third kappa shape index (κ3) is 1.01. The van der Waals surface area contributed by atoms with Gasteiger partial charge < -0.3 is 5.32 Å². The molecule has 0 amide bonds. The zero-order chi connectivity index (χ0) is 8.55. The molecule has 0 fully saturated rings. The van der Waals surface area contributed by atoms with Gasteiger partial charge in [-0.1, -0.05) is 25.1 Å². The van der Waals surface area contributed by atoms with Crippen LogP contribution in [-0.4, -0.2) is 6.54 Å². The molecule has 1 atom stereocenters. The number of benzene rings is 1. The summed E-state index contributed by atoms with van der Waals surface area (Å²) in [5.74, 6) is 0.736. The Bertz CT molecular complexity index is 291. The average molecular weight is 161 g/mol. The molecule has 1 aromatic carbocycles. The van der Waals surface area contributed by atoms with E-state index in [4.69, 9.17) is 0 Å². The number of fused-ring (bicyclic) bond motifs is 1. The van der Waals surface area contributed by atoms with E-state index in [1.807, 2.05) is 0 Å². The van der Waals surface area contributed by atoms with Crippen molar-refractivity contribution in [1.29, 1.82) is 0 Å². The molecule has 64 valence electrons. The molecule has 0 radical (unpaired) electrons. The van der Waals surface area contributed by atoms with Crippen LogP contribution in [0.2, 0.25) is 0 Å². The molecular weight excluding hydrogens is 146 g/mol. The van der Waals surface area contributed by atoms with Gasteiger partial charge in [-0.15, -0.1) is 0 Å². The molecule has 1 heterocycles. The second kappa shape index (κ2) is 2.81. The molecule has 1 nitrogen and oxygen atoms in total. The fourth-order valence-electron chi connectivity index (χ4n) is 1.97. The average Bonchev–Trinajstić information content (AvgIpc) is 2.49. The summed E-state index contributed by atoms with van der Waals surface area (Å²) in [4.78, 5) is 0. The molecule has 0 spiro atoms. The Hall–Kier alpha value is -0.980. The first-order valence-corrected chi connectivity index (χ1v) is 4.66. The van der Waals surface area contributed by atoms with Crippen molar-refractivity contribution in [3.8, 4) is 0 Å². The van der Waals surface area contributed by atoms with Gasteiger partial charge in [0.05, 0.1) is 0 Å². The van der Waals surface area contributed by atoms with Gasteiger partial charge in [0.15, 0.2) is 0 Å². The standard InChI is InChI=1S/C11H15N/c1-3-9-7-12-11-8(2)5-4-6-10(9)11/h4-6,9,12H,3,7H2,1-2H3/t9-/m1/s1. The van der Waals surface area contributed by atoms with E-state index >= 15 is 0 Å². The quantitative estimate of drug-likeness (QED) is 0.667. The van der Waals surface area contributed by atoms with E-state index < -0.39 is 0 Å². The SMILES string of the molecule is CC[C@@H]1CNc2c(C)cccc21. The zero-order valence-corrected chi connectivity index (χ0v) is 7.72. The molecule has 12 heavy (non-hydrogen) atoms. The van der Waals surface area contributed by atoms with E-state index in [1.165, 1.54) is 23.2 Å². The summed E-state index contributed by atoms with van der Waals surface area (Å²) in [5.41, 5.74) is 4.27.